The van der Waals surface area contributed by atoms with E-state index in [1.165, 1.54) is 11.3 Å². The fourth-order valence-corrected chi connectivity index (χ4v) is 2.65. The average molecular weight is 300 g/mol. The summed E-state index contributed by atoms with van der Waals surface area (Å²) in [5.41, 5.74) is 5.86. The van der Waals surface area contributed by atoms with Crippen LogP contribution in [-0.2, 0) is 4.74 Å². The van der Waals surface area contributed by atoms with Crippen molar-refractivity contribution in [3.05, 3.63) is 4.88 Å². The topological polar surface area (TPSA) is 80.5 Å². The monoisotopic (exact) mass is 300 g/mol. The molecular formula is C13H24N4O2S. The van der Waals surface area contributed by atoms with Gasteiger partial charge in [0, 0.05) is 26.2 Å². The second-order valence-corrected chi connectivity index (χ2v) is 5.74. The molecule has 0 atom stereocenters. The van der Waals surface area contributed by atoms with Crippen LogP contribution in [0.5, 0.6) is 0 Å². The Morgan fingerprint density at radius 3 is 2.80 bits per heavy atom. The smallest absolute Gasteiger partial charge is 0.268 e. The molecule has 1 rings (SSSR count). The SMILES string of the molecule is CCCN(C(=O)c1sc(NCCOC)nc1N)C(C)C. The molecule has 0 aliphatic rings. The molecule has 0 fully saturated rings. The fraction of sp³-hybridized carbons (Fsp3) is 0.692. The van der Waals surface area contributed by atoms with E-state index < -0.39 is 0 Å². The highest BCUT2D eigenvalue weighted by atomic mass is 32.1. The van der Waals surface area contributed by atoms with Crippen LogP contribution in [0.4, 0.5) is 10.9 Å². The lowest BCUT2D eigenvalue weighted by Gasteiger charge is -2.25. The summed E-state index contributed by atoms with van der Waals surface area (Å²) in [6, 6.07) is 0.147. The third-order valence-electron chi connectivity index (χ3n) is 2.78. The number of ether oxygens (including phenoxy) is 1. The highest BCUT2D eigenvalue weighted by Crippen LogP contribution is 2.26. The number of methoxy groups -OCH3 is 1. The summed E-state index contributed by atoms with van der Waals surface area (Å²) in [7, 11) is 1.64. The molecule has 6 nitrogen and oxygen atoms in total. The molecule has 0 aliphatic carbocycles. The quantitative estimate of drug-likeness (QED) is 0.718. The third kappa shape index (κ3) is 4.35. The molecule has 3 N–H and O–H groups in total. The Hall–Kier alpha value is -1.34. The van der Waals surface area contributed by atoms with E-state index in [1.807, 2.05) is 18.7 Å². The van der Waals surface area contributed by atoms with Gasteiger partial charge in [-0.3, -0.25) is 4.79 Å². The van der Waals surface area contributed by atoms with Crippen molar-refractivity contribution >= 4 is 28.2 Å². The number of hydrogen-bond acceptors (Lipinski definition) is 6. The zero-order valence-electron chi connectivity index (χ0n) is 12.6. The van der Waals surface area contributed by atoms with Crippen LogP contribution in [-0.4, -0.2) is 48.6 Å². The number of rotatable bonds is 8. The predicted octanol–water partition coefficient (Wildman–Crippen LogP) is 2.04. The molecule has 1 aromatic rings. The molecular weight excluding hydrogens is 276 g/mol. The first-order chi connectivity index (χ1) is 9.51. The van der Waals surface area contributed by atoms with Crippen LogP contribution in [0.1, 0.15) is 36.9 Å². The number of nitrogens with one attached hydrogen (secondary N) is 1. The molecule has 0 aliphatic heterocycles. The van der Waals surface area contributed by atoms with Gasteiger partial charge < -0.3 is 20.7 Å². The highest BCUT2D eigenvalue weighted by molar-refractivity contribution is 7.18. The van der Waals surface area contributed by atoms with E-state index >= 15 is 0 Å². The lowest BCUT2D eigenvalue weighted by Crippen LogP contribution is -2.37. The van der Waals surface area contributed by atoms with Crippen molar-refractivity contribution in [3.8, 4) is 0 Å². The van der Waals surface area contributed by atoms with E-state index in [4.69, 9.17) is 10.5 Å². The molecule has 1 amide bonds. The largest absolute Gasteiger partial charge is 0.383 e. The number of anilines is 2. The Bertz CT molecular complexity index is 434. The van der Waals surface area contributed by atoms with Crippen LogP contribution in [0.2, 0.25) is 0 Å². The minimum atomic E-state index is -0.0448. The Labute approximate surface area is 124 Å². The Morgan fingerprint density at radius 1 is 1.55 bits per heavy atom. The molecule has 114 valence electrons. The number of nitrogens with two attached hydrogens (primary N) is 1. The zero-order chi connectivity index (χ0) is 15.1. The van der Waals surface area contributed by atoms with Gasteiger partial charge in [-0.05, 0) is 20.3 Å². The molecule has 0 saturated heterocycles. The van der Waals surface area contributed by atoms with Crippen LogP contribution < -0.4 is 11.1 Å². The van der Waals surface area contributed by atoms with Crippen LogP contribution >= 0.6 is 11.3 Å². The summed E-state index contributed by atoms with van der Waals surface area (Å²) >= 11 is 1.30. The van der Waals surface area contributed by atoms with Crippen molar-refractivity contribution in [2.45, 2.75) is 33.2 Å². The maximum Gasteiger partial charge on any atom is 0.268 e. The van der Waals surface area contributed by atoms with Crippen molar-refractivity contribution < 1.29 is 9.53 Å². The van der Waals surface area contributed by atoms with Gasteiger partial charge in [-0.25, -0.2) is 4.98 Å². The van der Waals surface area contributed by atoms with Crippen LogP contribution in [0, 0.1) is 0 Å². The fourth-order valence-electron chi connectivity index (χ4n) is 1.79. The highest BCUT2D eigenvalue weighted by Gasteiger charge is 2.23. The first-order valence-corrected chi connectivity index (χ1v) is 7.63. The maximum atomic E-state index is 12.5. The van der Waals surface area contributed by atoms with Gasteiger partial charge in [0.05, 0.1) is 6.61 Å². The zero-order valence-corrected chi connectivity index (χ0v) is 13.4. The molecule has 7 heteroatoms. The molecule has 1 heterocycles. The Balaban J connectivity index is 2.81. The molecule has 1 aromatic heterocycles. The number of aromatic nitrogens is 1. The standard InChI is InChI=1S/C13H24N4O2S/c1-5-7-17(9(2)3)12(18)10-11(14)16-13(20-10)15-6-8-19-4/h9H,5-8,14H2,1-4H3,(H,15,16). The molecule has 20 heavy (non-hydrogen) atoms. The van der Waals surface area contributed by atoms with Crippen LogP contribution in [0.3, 0.4) is 0 Å². The van der Waals surface area contributed by atoms with Gasteiger partial charge >= 0.3 is 0 Å². The van der Waals surface area contributed by atoms with Crippen molar-refractivity contribution in [1.82, 2.24) is 9.88 Å². The van der Waals surface area contributed by atoms with Gasteiger partial charge in [0.1, 0.15) is 10.7 Å². The van der Waals surface area contributed by atoms with Crippen LogP contribution in [0.25, 0.3) is 0 Å². The third-order valence-corrected chi connectivity index (χ3v) is 3.80. The summed E-state index contributed by atoms with van der Waals surface area (Å²) in [5.74, 6) is 0.248. The van der Waals surface area contributed by atoms with Crippen LogP contribution in [0.15, 0.2) is 0 Å². The van der Waals surface area contributed by atoms with Crippen molar-refractivity contribution in [2.75, 3.05) is 37.9 Å². The summed E-state index contributed by atoms with van der Waals surface area (Å²) < 4.78 is 4.96. The summed E-state index contributed by atoms with van der Waals surface area (Å²) in [6.07, 6.45) is 0.918. The van der Waals surface area contributed by atoms with Gasteiger partial charge in [-0.2, -0.15) is 0 Å². The predicted molar refractivity (Wildman–Crippen MR) is 83.4 cm³/mol. The molecule has 0 saturated carbocycles. The van der Waals surface area contributed by atoms with E-state index in [0.717, 1.165) is 13.0 Å². The van der Waals surface area contributed by atoms with Gasteiger partial charge in [0.2, 0.25) is 0 Å². The first-order valence-electron chi connectivity index (χ1n) is 6.81. The minimum absolute atomic E-state index is 0.0448. The minimum Gasteiger partial charge on any atom is -0.383 e. The van der Waals surface area contributed by atoms with E-state index in [-0.39, 0.29) is 11.9 Å². The Morgan fingerprint density at radius 2 is 2.25 bits per heavy atom. The Kier molecular flexibility index (Phi) is 6.74. The summed E-state index contributed by atoms with van der Waals surface area (Å²) in [4.78, 5) is 19.0. The molecule has 0 radical (unpaired) electrons. The van der Waals surface area contributed by atoms with Gasteiger partial charge in [-0.15, -0.1) is 0 Å². The van der Waals surface area contributed by atoms with E-state index in [2.05, 4.69) is 17.2 Å². The summed E-state index contributed by atoms with van der Waals surface area (Å²) in [5, 5.41) is 3.75. The van der Waals surface area contributed by atoms with E-state index in [1.54, 1.807) is 7.11 Å². The van der Waals surface area contributed by atoms with E-state index in [9.17, 15) is 4.79 Å². The van der Waals surface area contributed by atoms with Crippen molar-refractivity contribution in [1.29, 1.82) is 0 Å². The maximum absolute atomic E-state index is 12.5. The second kappa shape index (κ2) is 8.06. The molecule has 0 aromatic carbocycles. The van der Waals surface area contributed by atoms with Gasteiger partial charge in [-0.1, -0.05) is 18.3 Å². The van der Waals surface area contributed by atoms with Gasteiger partial charge in [0.25, 0.3) is 5.91 Å². The molecule has 0 bridgehead atoms. The number of carbonyl (C=O) groups excluding carboxylic acids is 1. The number of nitrogen functional groups attached to an aromatic ring is 1. The average Bonchev–Trinajstić information content (AvgIpc) is 2.76. The molecule has 0 spiro atoms. The van der Waals surface area contributed by atoms with Crippen molar-refractivity contribution in [2.24, 2.45) is 0 Å². The van der Waals surface area contributed by atoms with Gasteiger partial charge in [0.15, 0.2) is 5.13 Å². The number of thiazole rings is 1. The van der Waals surface area contributed by atoms with Crippen molar-refractivity contribution in [3.63, 3.8) is 0 Å². The number of nitrogens with zero attached hydrogens (tertiary/aromatic N) is 2. The number of hydrogen-bond donors (Lipinski definition) is 2. The lowest BCUT2D eigenvalue weighted by molar-refractivity contribution is 0.0712. The normalized spacial score (nSPS) is 10.8. The molecule has 0 unspecified atom stereocenters. The van der Waals surface area contributed by atoms with E-state index in [0.29, 0.717) is 29.0 Å². The number of amides is 1. The lowest BCUT2D eigenvalue weighted by atomic mass is 10.2. The second-order valence-electron chi connectivity index (χ2n) is 4.75. The number of carbonyl (C=O) groups is 1. The first kappa shape index (κ1) is 16.7. The summed E-state index contributed by atoms with van der Waals surface area (Å²) in [6.45, 7) is 8.00.